The monoisotopic (exact) mass is 193 g/mol. The van der Waals surface area contributed by atoms with Crippen LogP contribution in [-0.2, 0) is 0 Å². The lowest BCUT2D eigenvalue weighted by Gasteiger charge is -2.24. The van der Waals surface area contributed by atoms with Crippen molar-refractivity contribution in [1.29, 1.82) is 0 Å². The predicted octanol–water partition coefficient (Wildman–Crippen LogP) is 1.63. The van der Waals surface area contributed by atoms with Crippen molar-refractivity contribution in [1.82, 2.24) is 5.32 Å². The van der Waals surface area contributed by atoms with Gasteiger partial charge in [-0.15, -0.1) is 0 Å². The molecule has 0 saturated carbocycles. The van der Waals surface area contributed by atoms with Crippen molar-refractivity contribution in [2.45, 2.75) is 38.8 Å². The second kappa shape index (κ2) is 4.76. The van der Waals surface area contributed by atoms with E-state index in [0.29, 0.717) is 6.54 Å². The van der Waals surface area contributed by atoms with E-state index in [9.17, 15) is 5.11 Å². The number of nitrogens with one attached hydrogen (secondary N) is 1. The molecule has 2 heteroatoms. The zero-order chi connectivity index (χ0) is 10.6. The first-order chi connectivity index (χ1) is 6.49. The summed E-state index contributed by atoms with van der Waals surface area (Å²) in [7, 11) is 0. The summed E-state index contributed by atoms with van der Waals surface area (Å²) in [5.41, 5.74) is 1.09. The van der Waals surface area contributed by atoms with Gasteiger partial charge in [-0.1, -0.05) is 12.2 Å². The number of aliphatic hydroxyl groups is 1. The second-order valence-corrected chi connectivity index (χ2v) is 4.64. The van der Waals surface area contributed by atoms with Crippen molar-refractivity contribution >= 4 is 0 Å². The second-order valence-electron chi connectivity index (χ2n) is 4.64. The van der Waals surface area contributed by atoms with Gasteiger partial charge in [0.05, 0.1) is 6.10 Å². The molecule has 0 aromatic rings. The van der Waals surface area contributed by atoms with Crippen molar-refractivity contribution in [3.05, 3.63) is 30.2 Å². The molecular formula is C12H19NO. The van der Waals surface area contributed by atoms with Gasteiger partial charge in [0.25, 0.3) is 0 Å². The van der Waals surface area contributed by atoms with Crippen molar-refractivity contribution in [3.8, 4) is 0 Å². The minimum atomic E-state index is -0.397. The van der Waals surface area contributed by atoms with Crippen LogP contribution < -0.4 is 5.32 Å². The molecule has 1 unspecified atom stereocenters. The summed E-state index contributed by atoms with van der Waals surface area (Å²) in [6.45, 7) is 6.87. The fraction of sp³-hybridized carbons (Fsp3) is 0.583. The Morgan fingerprint density at radius 3 is 2.79 bits per heavy atom. The van der Waals surface area contributed by atoms with Crippen molar-refractivity contribution in [2.75, 3.05) is 6.54 Å². The first-order valence-electron chi connectivity index (χ1n) is 5.02. The SMILES string of the molecule is CC(C)(C)NCC(O)C1=C[C]=C[CH]C1. The normalized spacial score (nSPS) is 19.3. The summed E-state index contributed by atoms with van der Waals surface area (Å²) in [6, 6.07) is 0. The van der Waals surface area contributed by atoms with Gasteiger partial charge in [0.1, 0.15) is 0 Å². The molecule has 0 amide bonds. The lowest BCUT2D eigenvalue weighted by Crippen LogP contribution is -2.41. The molecule has 0 heterocycles. The average Bonchev–Trinajstić information content (AvgIpc) is 2.14. The average molecular weight is 193 g/mol. The zero-order valence-electron chi connectivity index (χ0n) is 9.17. The molecule has 0 aliphatic heterocycles. The van der Waals surface area contributed by atoms with Crippen molar-refractivity contribution < 1.29 is 5.11 Å². The Morgan fingerprint density at radius 1 is 1.57 bits per heavy atom. The van der Waals surface area contributed by atoms with Crippen LogP contribution in [0.3, 0.4) is 0 Å². The molecule has 0 fully saturated rings. The minimum Gasteiger partial charge on any atom is -0.387 e. The van der Waals surface area contributed by atoms with E-state index in [0.717, 1.165) is 12.0 Å². The van der Waals surface area contributed by atoms with Gasteiger partial charge in [-0.25, -0.2) is 0 Å². The van der Waals surface area contributed by atoms with Crippen LogP contribution in [-0.4, -0.2) is 23.3 Å². The van der Waals surface area contributed by atoms with Gasteiger partial charge >= 0.3 is 0 Å². The fourth-order valence-electron chi connectivity index (χ4n) is 1.24. The van der Waals surface area contributed by atoms with E-state index in [-0.39, 0.29) is 5.54 Å². The lowest BCUT2D eigenvalue weighted by molar-refractivity contribution is 0.191. The van der Waals surface area contributed by atoms with Crippen molar-refractivity contribution in [2.24, 2.45) is 0 Å². The maximum atomic E-state index is 9.83. The predicted molar refractivity (Wildman–Crippen MR) is 58.6 cm³/mol. The minimum absolute atomic E-state index is 0.0550. The largest absolute Gasteiger partial charge is 0.387 e. The molecule has 0 aromatic heterocycles. The van der Waals surface area contributed by atoms with Gasteiger partial charge in [-0.3, -0.25) is 0 Å². The van der Waals surface area contributed by atoms with Crippen LogP contribution in [0.5, 0.6) is 0 Å². The highest BCUT2D eigenvalue weighted by atomic mass is 16.3. The maximum Gasteiger partial charge on any atom is 0.0878 e. The molecule has 0 aromatic carbocycles. The molecule has 0 spiro atoms. The highest BCUT2D eigenvalue weighted by Crippen LogP contribution is 2.14. The summed E-state index contributed by atoms with van der Waals surface area (Å²) in [5.74, 6) is 0. The molecule has 0 saturated heterocycles. The number of rotatable bonds is 3. The van der Waals surface area contributed by atoms with Crippen LogP contribution in [0.4, 0.5) is 0 Å². The van der Waals surface area contributed by atoms with Crippen LogP contribution in [0.2, 0.25) is 0 Å². The van der Waals surface area contributed by atoms with E-state index in [2.05, 4.69) is 32.2 Å². The topological polar surface area (TPSA) is 32.3 Å². The van der Waals surface area contributed by atoms with Gasteiger partial charge in [0.15, 0.2) is 0 Å². The number of allylic oxidation sites excluding steroid dienone is 3. The van der Waals surface area contributed by atoms with Crippen molar-refractivity contribution in [3.63, 3.8) is 0 Å². The summed E-state index contributed by atoms with van der Waals surface area (Å²) in [6.07, 6.45) is 9.18. The number of hydrogen-bond acceptors (Lipinski definition) is 2. The molecule has 78 valence electrons. The summed E-state index contributed by atoms with van der Waals surface area (Å²) < 4.78 is 0. The quantitative estimate of drug-likeness (QED) is 0.714. The Morgan fingerprint density at radius 2 is 2.29 bits per heavy atom. The van der Waals surface area contributed by atoms with Crippen LogP contribution in [0.15, 0.2) is 17.7 Å². The van der Waals surface area contributed by atoms with E-state index in [1.54, 1.807) is 0 Å². The van der Waals surface area contributed by atoms with E-state index in [1.807, 2.05) is 18.6 Å². The Bertz CT molecular complexity index is 235. The molecule has 2 N–H and O–H groups in total. The Balaban J connectivity index is 2.38. The molecule has 0 bridgehead atoms. The van der Waals surface area contributed by atoms with E-state index in [4.69, 9.17) is 0 Å². The molecule has 1 rings (SSSR count). The molecule has 1 aliphatic rings. The maximum absolute atomic E-state index is 9.83. The van der Waals surface area contributed by atoms with Crippen LogP contribution in [0.1, 0.15) is 27.2 Å². The smallest absolute Gasteiger partial charge is 0.0878 e. The standard InChI is InChI=1S/C12H19NO/c1-12(2,3)13-9-11(14)10-7-5-4-6-8-10/h4-5,8,11,13-14H,7,9H2,1-3H3. The van der Waals surface area contributed by atoms with Crippen LogP contribution >= 0.6 is 0 Å². The van der Waals surface area contributed by atoms with Gasteiger partial charge < -0.3 is 10.4 Å². The Kier molecular flexibility index (Phi) is 3.90. The first-order valence-corrected chi connectivity index (χ1v) is 5.02. The molecule has 1 aliphatic carbocycles. The highest BCUT2D eigenvalue weighted by Gasteiger charge is 2.15. The molecule has 2 radical (unpaired) electrons. The summed E-state index contributed by atoms with van der Waals surface area (Å²) >= 11 is 0. The third kappa shape index (κ3) is 4.07. The third-order valence-electron chi connectivity index (χ3n) is 2.09. The summed E-state index contributed by atoms with van der Waals surface area (Å²) in [5, 5.41) is 13.1. The van der Waals surface area contributed by atoms with Crippen LogP contribution in [0, 0.1) is 12.5 Å². The zero-order valence-corrected chi connectivity index (χ0v) is 9.17. The lowest BCUT2D eigenvalue weighted by atomic mass is 9.99. The van der Waals surface area contributed by atoms with Crippen LogP contribution in [0.25, 0.3) is 0 Å². The molecule has 1 atom stereocenters. The van der Waals surface area contributed by atoms with E-state index < -0.39 is 6.10 Å². The van der Waals surface area contributed by atoms with E-state index >= 15 is 0 Å². The number of aliphatic hydroxyl groups excluding tert-OH is 1. The van der Waals surface area contributed by atoms with E-state index in [1.165, 1.54) is 0 Å². The van der Waals surface area contributed by atoms with Gasteiger partial charge in [-0.05, 0) is 45.3 Å². The first kappa shape index (κ1) is 11.5. The number of β-amino-alcohol motifs (C(OH)–C–C–N with tert-alkyl or cyclic N) is 1. The summed E-state index contributed by atoms with van der Waals surface area (Å²) in [4.78, 5) is 0. The molecule has 14 heavy (non-hydrogen) atoms. The van der Waals surface area contributed by atoms with Gasteiger partial charge in [0, 0.05) is 12.1 Å². The highest BCUT2D eigenvalue weighted by molar-refractivity contribution is 5.22. The molecular weight excluding hydrogens is 174 g/mol. The molecule has 2 nitrogen and oxygen atoms in total. The Hall–Kier alpha value is -0.600. The fourth-order valence-corrected chi connectivity index (χ4v) is 1.24. The Labute approximate surface area is 86.7 Å². The van der Waals surface area contributed by atoms with Gasteiger partial charge in [0.2, 0.25) is 0 Å². The number of hydrogen-bond donors (Lipinski definition) is 2. The van der Waals surface area contributed by atoms with Gasteiger partial charge in [-0.2, -0.15) is 0 Å². The third-order valence-corrected chi connectivity index (χ3v) is 2.09.